The van der Waals surface area contributed by atoms with Gasteiger partial charge in [0.25, 0.3) is 17.4 Å². The third-order valence-electron chi connectivity index (χ3n) is 5.41. The number of para-hydroxylation sites is 1. The lowest BCUT2D eigenvalue weighted by Gasteiger charge is -2.11. The molecular formula is C23H24N4O4. The quantitative estimate of drug-likeness (QED) is 0.664. The zero-order valence-corrected chi connectivity index (χ0v) is 17.4. The highest BCUT2D eigenvalue weighted by Crippen LogP contribution is 2.18. The first-order chi connectivity index (χ1) is 15.0. The Morgan fingerprint density at radius 3 is 2.55 bits per heavy atom. The summed E-state index contributed by atoms with van der Waals surface area (Å²) in [6.07, 6.45) is 1.09. The van der Waals surface area contributed by atoms with Gasteiger partial charge in [-0.05, 0) is 50.1 Å². The summed E-state index contributed by atoms with van der Waals surface area (Å²) in [5.74, 6) is -0.654. The van der Waals surface area contributed by atoms with Crippen molar-refractivity contribution in [3.8, 4) is 5.69 Å². The van der Waals surface area contributed by atoms with Gasteiger partial charge in [0.05, 0.1) is 11.4 Å². The van der Waals surface area contributed by atoms with Gasteiger partial charge in [0.2, 0.25) is 0 Å². The van der Waals surface area contributed by atoms with Crippen molar-refractivity contribution in [2.45, 2.75) is 25.9 Å². The van der Waals surface area contributed by atoms with Crippen LogP contribution in [0.5, 0.6) is 0 Å². The SMILES string of the molecule is Cc1c(NC(=O)c2cccc(NC(=O)C3CCCO3)c2)c(=O)n(-c2ccccc2)n1C. The summed E-state index contributed by atoms with van der Waals surface area (Å²) >= 11 is 0. The molecule has 4 rings (SSSR count). The minimum absolute atomic E-state index is 0.213. The molecule has 0 spiro atoms. The third-order valence-corrected chi connectivity index (χ3v) is 5.41. The first-order valence-electron chi connectivity index (χ1n) is 10.1. The molecule has 0 bridgehead atoms. The van der Waals surface area contributed by atoms with Gasteiger partial charge in [-0.3, -0.25) is 19.1 Å². The molecule has 1 aliphatic rings. The molecule has 2 heterocycles. The number of amides is 2. The number of nitrogens with zero attached hydrogens (tertiary/aromatic N) is 2. The molecule has 1 aliphatic heterocycles. The van der Waals surface area contributed by atoms with Crippen LogP contribution in [0.15, 0.2) is 59.4 Å². The molecule has 2 amide bonds. The van der Waals surface area contributed by atoms with E-state index < -0.39 is 12.0 Å². The molecule has 1 aromatic heterocycles. The van der Waals surface area contributed by atoms with E-state index in [9.17, 15) is 14.4 Å². The molecule has 1 atom stereocenters. The van der Waals surface area contributed by atoms with E-state index in [0.717, 1.165) is 6.42 Å². The number of ether oxygens (including phenoxy) is 1. The van der Waals surface area contributed by atoms with Crippen LogP contribution in [0.2, 0.25) is 0 Å². The van der Waals surface area contributed by atoms with Gasteiger partial charge < -0.3 is 15.4 Å². The largest absolute Gasteiger partial charge is 0.368 e. The maximum absolute atomic E-state index is 13.0. The summed E-state index contributed by atoms with van der Waals surface area (Å²) in [4.78, 5) is 38.1. The van der Waals surface area contributed by atoms with Crippen LogP contribution < -0.4 is 16.2 Å². The van der Waals surface area contributed by atoms with E-state index in [0.29, 0.717) is 35.7 Å². The summed E-state index contributed by atoms with van der Waals surface area (Å²) < 4.78 is 8.59. The zero-order chi connectivity index (χ0) is 22.0. The summed E-state index contributed by atoms with van der Waals surface area (Å²) in [6.45, 7) is 2.35. The highest BCUT2D eigenvalue weighted by atomic mass is 16.5. The number of benzene rings is 2. The molecule has 1 unspecified atom stereocenters. The Morgan fingerprint density at radius 2 is 1.84 bits per heavy atom. The predicted molar refractivity (Wildman–Crippen MR) is 118 cm³/mol. The molecule has 2 N–H and O–H groups in total. The van der Waals surface area contributed by atoms with E-state index in [2.05, 4.69) is 10.6 Å². The van der Waals surface area contributed by atoms with Crippen LogP contribution >= 0.6 is 0 Å². The highest BCUT2D eigenvalue weighted by Gasteiger charge is 2.24. The minimum Gasteiger partial charge on any atom is -0.368 e. The Bertz CT molecular complexity index is 1170. The second-order valence-electron chi connectivity index (χ2n) is 7.46. The van der Waals surface area contributed by atoms with Crippen LogP contribution in [0, 0.1) is 6.92 Å². The number of hydrogen-bond donors (Lipinski definition) is 2. The lowest BCUT2D eigenvalue weighted by atomic mass is 10.1. The molecule has 0 aliphatic carbocycles. The third kappa shape index (κ3) is 4.15. The normalized spacial score (nSPS) is 15.6. The predicted octanol–water partition coefficient (Wildman–Crippen LogP) is 2.85. The standard InChI is InChI=1S/C23H24N4O4/c1-15-20(23(30)27(26(15)2)18-10-4-3-5-11-18)25-21(28)16-8-6-9-17(14-16)24-22(29)19-12-7-13-31-19/h3-6,8-11,14,19H,7,12-13H2,1-2H3,(H,24,29)(H,25,28). The number of aromatic nitrogens is 2. The fourth-order valence-electron chi connectivity index (χ4n) is 3.64. The van der Waals surface area contributed by atoms with Crippen molar-refractivity contribution in [3.05, 3.63) is 76.2 Å². The van der Waals surface area contributed by atoms with Gasteiger partial charge in [0.1, 0.15) is 11.8 Å². The van der Waals surface area contributed by atoms with E-state index in [1.165, 1.54) is 4.68 Å². The van der Waals surface area contributed by atoms with Crippen LogP contribution in [0.1, 0.15) is 28.9 Å². The average molecular weight is 420 g/mol. The van der Waals surface area contributed by atoms with Crippen LogP contribution in [0.4, 0.5) is 11.4 Å². The second kappa shape index (κ2) is 8.61. The molecule has 3 aromatic rings. The number of anilines is 2. The van der Waals surface area contributed by atoms with E-state index in [-0.39, 0.29) is 17.2 Å². The number of carbonyl (C=O) groups is 2. The van der Waals surface area contributed by atoms with Crippen molar-refractivity contribution in [1.82, 2.24) is 9.36 Å². The van der Waals surface area contributed by atoms with Crippen molar-refractivity contribution in [2.75, 3.05) is 17.2 Å². The van der Waals surface area contributed by atoms with Gasteiger partial charge in [-0.15, -0.1) is 0 Å². The molecule has 31 heavy (non-hydrogen) atoms. The molecule has 1 fully saturated rings. The van der Waals surface area contributed by atoms with Crippen molar-refractivity contribution in [2.24, 2.45) is 7.05 Å². The molecule has 8 heteroatoms. The second-order valence-corrected chi connectivity index (χ2v) is 7.46. The fraction of sp³-hybridized carbons (Fsp3) is 0.261. The number of carbonyl (C=O) groups excluding carboxylic acids is 2. The zero-order valence-electron chi connectivity index (χ0n) is 17.4. The van der Waals surface area contributed by atoms with E-state index in [1.54, 1.807) is 42.9 Å². The van der Waals surface area contributed by atoms with E-state index in [4.69, 9.17) is 4.74 Å². The van der Waals surface area contributed by atoms with Gasteiger partial charge in [0, 0.05) is 24.9 Å². The van der Waals surface area contributed by atoms with Gasteiger partial charge in [-0.1, -0.05) is 24.3 Å². The molecule has 0 saturated carbocycles. The maximum atomic E-state index is 13.0. The highest BCUT2D eigenvalue weighted by molar-refractivity contribution is 6.05. The monoisotopic (exact) mass is 420 g/mol. The van der Waals surface area contributed by atoms with Gasteiger partial charge in [-0.2, -0.15) is 0 Å². The van der Waals surface area contributed by atoms with Crippen molar-refractivity contribution in [3.63, 3.8) is 0 Å². The summed E-state index contributed by atoms with van der Waals surface area (Å²) in [6, 6.07) is 15.8. The first kappa shape index (κ1) is 20.6. The molecule has 0 radical (unpaired) electrons. The smallest absolute Gasteiger partial charge is 0.295 e. The minimum atomic E-state index is -0.457. The number of rotatable bonds is 5. The van der Waals surface area contributed by atoms with Crippen molar-refractivity contribution in [1.29, 1.82) is 0 Å². The fourth-order valence-corrected chi connectivity index (χ4v) is 3.64. The van der Waals surface area contributed by atoms with Crippen LogP contribution in [-0.2, 0) is 16.6 Å². The van der Waals surface area contributed by atoms with Crippen molar-refractivity contribution >= 4 is 23.2 Å². The van der Waals surface area contributed by atoms with Gasteiger partial charge >= 0.3 is 0 Å². The molecule has 1 saturated heterocycles. The van der Waals surface area contributed by atoms with Gasteiger partial charge in [0.15, 0.2) is 0 Å². The number of nitrogens with one attached hydrogen (secondary N) is 2. The Labute approximate surface area is 179 Å². The number of hydrogen-bond acceptors (Lipinski definition) is 4. The van der Waals surface area contributed by atoms with E-state index in [1.807, 2.05) is 30.3 Å². The summed E-state index contributed by atoms with van der Waals surface area (Å²) in [7, 11) is 1.76. The van der Waals surface area contributed by atoms with Crippen LogP contribution in [0.25, 0.3) is 5.69 Å². The lowest BCUT2D eigenvalue weighted by Crippen LogP contribution is -2.27. The first-order valence-corrected chi connectivity index (χ1v) is 10.1. The topological polar surface area (TPSA) is 94.4 Å². The summed E-state index contributed by atoms with van der Waals surface area (Å²) in [5, 5.41) is 5.52. The Balaban J connectivity index is 1.55. The molecular weight excluding hydrogens is 396 g/mol. The van der Waals surface area contributed by atoms with Crippen LogP contribution in [0.3, 0.4) is 0 Å². The summed E-state index contributed by atoms with van der Waals surface area (Å²) in [5.41, 5.74) is 2.06. The molecule has 8 nitrogen and oxygen atoms in total. The van der Waals surface area contributed by atoms with Gasteiger partial charge in [-0.25, -0.2) is 4.68 Å². The molecule has 160 valence electrons. The average Bonchev–Trinajstić information content (AvgIpc) is 3.39. The van der Waals surface area contributed by atoms with E-state index >= 15 is 0 Å². The Hall–Kier alpha value is -3.65. The Morgan fingerprint density at radius 1 is 1.06 bits per heavy atom. The lowest BCUT2D eigenvalue weighted by molar-refractivity contribution is -0.124. The van der Waals surface area contributed by atoms with Crippen LogP contribution in [-0.4, -0.2) is 33.9 Å². The maximum Gasteiger partial charge on any atom is 0.295 e. The Kier molecular flexibility index (Phi) is 5.73. The van der Waals surface area contributed by atoms with Crippen molar-refractivity contribution < 1.29 is 14.3 Å². The molecule has 2 aromatic carbocycles.